The second kappa shape index (κ2) is 10.2. The molecule has 3 aromatic carbocycles. The van der Waals surface area contributed by atoms with Crippen molar-refractivity contribution in [2.75, 3.05) is 0 Å². The molecule has 1 unspecified atom stereocenters. The zero-order valence-corrected chi connectivity index (χ0v) is 22.0. The summed E-state index contributed by atoms with van der Waals surface area (Å²) in [5.41, 5.74) is 4.76. The van der Waals surface area contributed by atoms with Crippen molar-refractivity contribution in [3.8, 4) is 5.69 Å². The number of amides is 1. The van der Waals surface area contributed by atoms with E-state index in [4.69, 9.17) is 4.98 Å². The van der Waals surface area contributed by atoms with Gasteiger partial charge >= 0.3 is 6.09 Å². The molecule has 1 aromatic heterocycles. The van der Waals surface area contributed by atoms with E-state index in [1.54, 1.807) is 31.2 Å². The lowest BCUT2D eigenvalue weighted by Gasteiger charge is -2.26. The first-order valence-corrected chi connectivity index (χ1v) is 13.4. The van der Waals surface area contributed by atoms with Gasteiger partial charge < -0.3 is 5.11 Å². The standard InChI is InChI=1S/C28H29N3O5S/c1-5-27-29-25-17-22(20(4)32)10-15-26(25)30(27)23-11-8-21(9-12-23)16-19(3)31(28(33)34)37(35,36)24-13-6-18(2)7-14-24/h6-15,17,19H,5,16H2,1-4H3,(H,33,34). The Balaban J connectivity index is 1.62. The highest BCUT2D eigenvalue weighted by atomic mass is 32.2. The van der Waals surface area contributed by atoms with E-state index < -0.39 is 22.2 Å². The molecule has 4 aromatic rings. The summed E-state index contributed by atoms with van der Waals surface area (Å²) >= 11 is 0. The predicted molar refractivity (Wildman–Crippen MR) is 142 cm³/mol. The number of aryl methyl sites for hydroxylation is 2. The van der Waals surface area contributed by atoms with Crippen LogP contribution in [-0.2, 0) is 22.9 Å². The van der Waals surface area contributed by atoms with E-state index in [0.717, 1.165) is 33.7 Å². The van der Waals surface area contributed by atoms with Crippen LogP contribution in [0.1, 0.15) is 48.1 Å². The summed E-state index contributed by atoms with van der Waals surface area (Å²) in [6.45, 7) is 6.95. The molecule has 1 amide bonds. The van der Waals surface area contributed by atoms with Gasteiger partial charge in [-0.05, 0) is 75.2 Å². The molecule has 0 saturated heterocycles. The molecule has 0 aliphatic heterocycles. The van der Waals surface area contributed by atoms with Crippen molar-refractivity contribution < 1.29 is 23.1 Å². The van der Waals surface area contributed by atoms with Gasteiger partial charge in [-0.1, -0.05) is 36.8 Å². The van der Waals surface area contributed by atoms with Gasteiger partial charge in [0.2, 0.25) is 0 Å². The van der Waals surface area contributed by atoms with Crippen LogP contribution in [0, 0.1) is 6.92 Å². The zero-order valence-electron chi connectivity index (χ0n) is 21.2. The lowest BCUT2D eigenvalue weighted by Crippen LogP contribution is -2.43. The molecule has 0 spiro atoms. The Morgan fingerprint density at radius 1 is 1.03 bits per heavy atom. The summed E-state index contributed by atoms with van der Waals surface area (Å²) in [5, 5.41) is 9.77. The third-order valence-electron chi connectivity index (χ3n) is 6.34. The van der Waals surface area contributed by atoms with Crippen LogP contribution in [0.15, 0.2) is 71.6 Å². The van der Waals surface area contributed by atoms with Crippen molar-refractivity contribution in [1.82, 2.24) is 13.9 Å². The van der Waals surface area contributed by atoms with Crippen molar-refractivity contribution in [2.45, 2.75) is 51.5 Å². The maximum atomic E-state index is 13.1. The molecule has 37 heavy (non-hydrogen) atoms. The molecular weight excluding hydrogens is 490 g/mol. The van der Waals surface area contributed by atoms with Crippen molar-refractivity contribution in [2.24, 2.45) is 0 Å². The second-order valence-electron chi connectivity index (χ2n) is 9.09. The molecule has 1 N–H and O–H groups in total. The van der Waals surface area contributed by atoms with E-state index in [1.807, 2.05) is 48.7 Å². The third kappa shape index (κ3) is 5.13. The van der Waals surface area contributed by atoms with Gasteiger partial charge in [-0.25, -0.2) is 18.2 Å². The number of carbonyl (C=O) groups excluding carboxylic acids is 1. The highest BCUT2D eigenvalue weighted by molar-refractivity contribution is 7.89. The van der Waals surface area contributed by atoms with Crippen LogP contribution in [0.3, 0.4) is 0 Å². The highest BCUT2D eigenvalue weighted by Crippen LogP contribution is 2.25. The number of aromatic nitrogens is 2. The molecule has 0 saturated carbocycles. The monoisotopic (exact) mass is 519 g/mol. The number of nitrogens with zero attached hydrogens (tertiary/aromatic N) is 3. The fraction of sp³-hybridized carbons (Fsp3) is 0.250. The summed E-state index contributed by atoms with van der Waals surface area (Å²) in [6, 6.07) is 18.3. The highest BCUT2D eigenvalue weighted by Gasteiger charge is 2.33. The number of carbonyl (C=O) groups is 2. The van der Waals surface area contributed by atoms with Crippen LogP contribution in [0.2, 0.25) is 0 Å². The summed E-state index contributed by atoms with van der Waals surface area (Å²) in [6.07, 6.45) is -0.620. The van der Waals surface area contributed by atoms with E-state index in [1.165, 1.54) is 19.1 Å². The van der Waals surface area contributed by atoms with E-state index in [0.29, 0.717) is 16.3 Å². The molecule has 0 aliphatic rings. The number of Topliss-reactive ketones (excluding diaryl/α,β-unsaturated/α-hetero) is 1. The number of hydrogen-bond donors (Lipinski definition) is 1. The van der Waals surface area contributed by atoms with E-state index >= 15 is 0 Å². The summed E-state index contributed by atoms with van der Waals surface area (Å²) in [7, 11) is -4.23. The van der Waals surface area contributed by atoms with E-state index in [-0.39, 0.29) is 17.1 Å². The predicted octanol–water partition coefficient (Wildman–Crippen LogP) is 5.40. The zero-order chi connectivity index (χ0) is 26.9. The number of fused-ring (bicyclic) bond motifs is 1. The first-order chi connectivity index (χ1) is 17.5. The minimum absolute atomic E-state index is 0.0206. The topological polar surface area (TPSA) is 110 Å². The first kappa shape index (κ1) is 26.1. The van der Waals surface area contributed by atoms with Gasteiger partial charge in [0.1, 0.15) is 5.82 Å². The largest absolute Gasteiger partial charge is 0.464 e. The average Bonchev–Trinajstić information content (AvgIpc) is 3.22. The molecule has 192 valence electrons. The lowest BCUT2D eigenvalue weighted by molar-refractivity contribution is 0.101. The molecule has 0 radical (unpaired) electrons. The lowest BCUT2D eigenvalue weighted by atomic mass is 10.1. The Hall–Kier alpha value is -3.98. The number of rotatable bonds is 8. The molecule has 8 nitrogen and oxygen atoms in total. The molecule has 0 bridgehead atoms. The van der Waals surface area contributed by atoms with Crippen molar-refractivity contribution in [3.63, 3.8) is 0 Å². The molecule has 1 atom stereocenters. The van der Waals surface area contributed by atoms with Gasteiger partial charge in [0.25, 0.3) is 10.0 Å². The Morgan fingerprint density at radius 3 is 2.24 bits per heavy atom. The number of sulfonamides is 1. The summed E-state index contributed by atoms with van der Waals surface area (Å²) in [5.74, 6) is 0.825. The van der Waals surface area contributed by atoms with Gasteiger partial charge in [0.15, 0.2) is 5.78 Å². The quantitative estimate of drug-likeness (QED) is 0.312. The Kier molecular flexibility index (Phi) is 7.18. The fourth-order valence-corrected chi connectivity index (χ4v) is 5.89. The molecule has 0 aliphatic carbocycles. The average molecular weight is 520 g/mol. The number of ketones is 1. The second-order valence-corrected chi connectivity index (χ2v) is 10.9. The smallest absolute Gasteiger partial charge is 0.421 e. The fourth-order valence-electron chi connectivity index (χ4n) is 4.43. The van der Waals surface area contributed by atoms with Gasteiger partial charge in [0, 0.05) is 17.7 Å². The summed E-state index contributed by atoms with van der Waals surface area (Å²) in [4.78, 5) is 28.4. The van der Waals surface area contributed by atoms with Crippen molar-refractivity contribution >= 4 is 32.9 Å². The Labute approximate surface area is 216 Å². The van der Waals surface area contributed by atoms with Crippen LogP contribution in [-0.4, -0.2) is 45.3 Å². The number of benzene rings is 3. The molecule has 1 heterocycles. The SMILES string of the molecule is CCc1nc2cc(C(C)=O)ccc2n1-c1ccc(CC(C)N(C(=O)O)S(=O)(=O)c2ccc(C)cc2)cc1. The van der Waals surface area contributed by atoms with E-state index in [9.17, 15) is 23.1 Å². The number of hydrogen-bond acceptors (Lipinski definition) is 5. The maximum absolute atomic E-state index is 13.1. The van der Waals surface area contributed by atoms with Crippen LogP contribution in [0.5, 0.6) is 0 Å². The first-order valence-electron chi connectivity index (χ1n) is 12.0. The third-order valence-corrected chi connectivity index (χ3v) is 8.24. The van der Waals surface area contributed by atoms with Crippen LogP contribution in [0.25, 0.3) is 16.7 Å². The maximum Gasteiger partial charge on any atom is 0.421 e. The molecule has 9 heteroatoms. The number of imidazole rings is 1. The van der Waals surface area contributed by atoms with Crippen LogP contribution >= 0.6 is 0 Å². The van der Waals surface area contributed by atoms with Gasteiger partial charge in [-0.3, -0.25) is 9.36 Å². The van der Waals surface area contributed by atoms with E-state index in [2.05, 4.69) is 0 Å². The minimum atomic E-state index is -4.23. The molecule has 0 fully saturated rings. The van der Waals surface area contributed by atoms with Gasteiger partial charge in [-0.2, -0.15) is 4.31 Å². The molecule has 4 rings (SSSR count). The van der Waals surface area contributed by atoms with Crippen LogP contribution in [0.4, 0.5) is 4.79 Å². The minimum Gasteiger partial charge on any atom is -0.464 e. The van der Waals surface area contributed by atoms with Crippen molar-refractivity contribution in [1.29, 1.82) is 0 Å². The van der Waals surface area contributed by atoms with Crippen molar-refractivity contribution in [3.05, 3.63) is 89.2 Å². The summed E-state index contributed by atoms with van der Waals surface area (Å²) < 4.78 is 28.8. The Morgan fingerprint density at radius 2 is 1.68 bits per heavy atom. The van der Waals surface area contributed by atoms with Gasteiger partial charge in [0.05, 0.1) is 22.0 Å². The Bertz CT molecular complexity index is 1570. The number of carboxylic acid groups (broad SMARTS) is 1. The normalized spacial score (nSPS) is 12.4. The van der Waals surface area contributed by atoms with Gasteiger partial charge in [-0.15, -0.1) is 0 Å². The van der Waals surface area contributed by atoms with Crippen LogP contribution < -0.4 is 0 Å². The molecular formula is C28H29N3O5S.